The third kappa shape index (κ3) is 2.55. The van der Waals surface area contributed by atoms with Crippen LogP contribution in [0.5, 0.6) is 0 Å². The zero-order valence-electron chi connectivity index (χ0n) is 12.2. The van der Waals surface area contributed by atoms with Gasteiger partial charge in [0.15, 0.2) is 5.82 Å². The van der Waals surface area contributed by atoms with Crippen LogP contribution in [0.25, 0.3) is 0 Å². The van der Waals surface area contributed by atoms with Crippen LogP contribution in [-0.2, 0) is 12.8 Å². The molecule has 0 spiro atoms. The first kappa shape index (κ1) is 12.9. The second-order valence-electron chi connectivity index (χ2n) is 6.57. The van der Waals surface area contributed by atoms with Crippen LogP contribution in [0, 0.1) is 11.8 Å². The van der Waals surface area contributed by atoms with E-state index in [0.717, 1.165) is 42.1 Å². The van der Waals surface area contributed by atoms with Crippen molar-refractivity contribution in [2.24, 2.45) is 11.8 Å². The topological polar surface area (TPSA) is 64.9 Å². The van der Waals surface area contributed by atoms with Crippen molar-refractivity contribution < 1.29 is 4.52 Å². The van der Waals surface area contributed by atoms with Gasteiger partial charge in [0, 0.05) is 18.0 Å². The molecule has 3 atom stereocenters. The molecule has 110 valence electrons. The Kier molecular flexibility index (Phi) is 3.17. The molecular formula is C17H21N3O. The molecule has 2 saturated carbocycles. The summed E-state index contributed by atoms with van der Waals surface area (Å²) in [5, 5.41) is 4.24. The predicted octanol–water partition coefficient (Wildman–Crippen LogP) is 3.34. The maximum Gasteiger partial charge on any atom is 0.226 e. The van der Waals surface area contributed by atoms with Gasteiger partial charge < -0.3 is 10.3 Å². The van der Waals surface area contributed by atoms with Gasteiger partial charge in [-0.05, 0) is 55.2 Å². The van der Waals surface area contributed by atoms with Crippen molar-refractivity contribution in [1.82, 2.24) is 10.1 Å². The van der Waals surface area contributed by atoms with Crippen LogP contribution in [0.2, 0.25) is 0 Å². The Morgan fingerprint density at radius 1 is 1.19 bits per heavy atom. The van der Waals surface area contributed by atoms with Gasteiger partial charge in [0.2, 0.25) is 5.89 Å². The third-order valence-corrected chi connectivity index (χ3v) is 5.13. The lowest BCUT2D eigenvalue weighted by Gasteiger charge is -2.17. The molecule has 1 heterocycles. The van der Waals surface area contributed by atoms with Crippen molar-refractivity contribution in [1.29, 1.82) is 0 Å². The van der Waals surface area contributed by atoms with Crippen molar-refractivity contribution in [2.75, 3.05) is 5.73 Å². The first-order chi connectivity index (χ1) is 10.3. The minimum atomic E-state index is 0.550. The molecule has 2 bridgehead atoms. The van der Waals surface area contributed by atoms with Crippen molar-refractivity contribution in [3.8, 4) is 0 Å². The van der Waals surface area contributed by atoms with Crippen LogP contribution in [-0.4, -0.2) is 10.1 Å². The molecule has 1 aromatic carbocycles. The van der Waals surface area contributed by atoms with Crippen molar-refractivity contribution in [3.05, 3.63) is 41.5 Å². The van der Waals surface area contributed by atoms with Gasteiger partial charge in [-0.3, -0.25) is 0 Å². The maximum absolute atomic E-state index is 5.80. The lowest BCUT2D eigenvalue weighted by molar-refractivity contribution is 0.351. The lowest BCUT2D eigenvalue weighted by atomic mass is 9.88. The fourth-order valence-electron chi connectivity index (χ4n) is 4.08. The van der Waals surface area contributed by atoms with Gasteiger partial charge in [0.25, 0.3) is 0 Å². The van der Waals surface area contributed by atoms with E-state index in [-0.39, 0.29) is 0 Å². The summed E-state index contributed by atoms with van der Waals surface area (Å²) in [5.74, 6) is 3.97. The minimum Gasteiger partial charge on any atom is -0.399 e. The van der Waals surface area contributed by atoms with E-state index >= 15 is 0 Å². The molecule has 21 heavy (non-hydrogen) atoms. The van der Waals surface area contributed by atoms with Crippen molar-refractivity contribution >= 4 is 5.69 Å². The first-order valence-electron chi connectivity index (χ1n) is 7.95. The molecule has 2 aliphatic rings. The maximum atomic E-state index is 5.80. The summed E-state index contributed by atoms with van der Waals surface area (Å²) in [7, 11) is 0. The number of aryl methyl sites for hydroxylation is 2. The summed E-state index contributed by atoms with van der Waals surface area (Å²) >= 11 is 0. The summed E-state index contributed by atoms with van der Waals surface area (Å²) in [6.45, 7) is 0. The summed E-state index contributed by atoms with van der Waals surface area (Å²) in [5.41, 5.74) is 7.82. The zero-order valence-corrected chi connectivity index (χ0v) is 12.2. The van der Waals surface area contributed by atoms with E-state index in [4.69, 9.17) is 10.3 Å². The number of hydrogen-bond acceptors (Lipinski definition) is 4. The monoisotopic (exact) mass is 283 g/mol. The molecule has 4 nitrogen and oxygen atoms in total. The van der Waals surface area contributed by atoms with Gasteiger partial charge in [0.1, 0.15) is 0 Å². The van der Waals surface area contributed by atoms with Crippen LogP contribution in [0.1, 0.15) is 48.9 Å². The second-order valence-corrected chi connectivity index (χ2v) is 6.57. The normalized spacial score (nSPS) is 27.3. The van der Waals surface area contributed by atoms with Gasteiger partial charge in [0.05, 0.1) is 0 Å². The Morgan fingerprint density at radius 2 is 2.14 bits per heavy atom. The average molecular weight is 283 g/mol. The quantitative estimate of drug-likeness (QED) is 0.874. The molecule has 0 aliphatic heterocycles. The molecule has 2 N–H and O–H groups in total. The molecular weight excluding hydrogens is 262 g/mol. The van der Waals surface area contributed by atoms with Crippen LogP contribution < -0.4 is 5.73 Å². The van der Waals surface area contributed by atoms with E-state index in [0.29, 0.717) is 5.92 Å². The van der Waals surface area contributed by atoms with Gasteiger partial charge in [-0.2, -0.15) is 4.98 Å². The van der Waals surface area contributed by atoms with Crippen molar-refractivity contribution in [2.45, 2.75) is 44.4 Å². The summed E-state index contributed by atoms with van der Waals surface area (Å²) in [6, 6.07) is 7.99. The minimum absolute atomic E-state index is 0.550. The highest BCUT2D eigenvalue weighted by atomic mass is 16.5. The fraction of sp³-hybridized carbons (Fsp3) is 0.529. The molecule has 1 aromatic heterocycles. The van der Waals surface area contributed by atoms with E-state index in [9.17, 15) is 0 Å². The highest BCUT2D eigenvalue weighted by molar-refractivity contribution is 5.40. The number of nitrogens with two attached hydrogens (primary N) is 1. The van der Waals surface area contributed by atoms with E-state index in [1.54, 1.807) is 0 Å². The molecule has 2 aromatic rings. The number of anilines is 1. The van der Waals surface area contributed by atoms with Crippen LogP contribution >= 0.6 is 0 Å². The number of hydrogen-bond donors (Lipinski definition) is 1. The van der Waals surface area contributed by atoms with Crippen molar-refractivity contribution in [3.63, 3.8) is 0 Å². The molecule has 2 aliphatic carbocycles. The van der Waals surface area contributed by atoms with E-state index in [1.165, 1.54) is 31.2 Å². The number of nitrogen functional groups attached to an aromatic ring is 1. The Balaban J connectivity index is 1.41. The predicted molar refractivity (Wildman–Crippen MR) is 80.7 cm³/mol. The SMILES string of the molecule is Nc1cccc(CCc2nc(C3CC4CCC3C4)no2)c1. The summed E-state index contributed by atoms with van der Waals surface area (Å²) in [6.07, 6.45) is 7.07. The second kappa shape index (κ2) is 5.17. The number of aromatic nitrogens is 2. The fourth-order valence-corrected chi connectivity index (χ4v) is 4.08. The van der Waals surface area contributed by atoms with Crippen LogP contribution in [0.4, 0.5) is 5.69 Å². The van der Waals surface area contributed by atoms with Gasteiger partial charge in [-0.25, -0.2) is 0 Å². The molecule has 0 amide bonds. The van der Waals surface area contributed by atoms with Crippen LogP contribution in [0.15, 0.2) is 28.8 Å². The Morgan fingerprint density at radius 3 is 2.90 bits per heavy atom. The molecule has 2 fully saturated rings. The number of nitrogens with zero attached hydrogens (tertiary/aromatic N) is 2. The summed E-state index contributed by atoms with van der Waals surface area (Å²) in [4.78, 5) is 4.64. The molecule has 0 saturated heterocycles. The van der Waals surface area contributed by atoms with Gasteiger partial charge in [-0.1, -0.05) is 23.7 Å². The van der Waals surface area contributed by atoms with Gasteiger partial charge in [-0.15, -0.1) is 0 Å². The Bertz CT molecular complexity index is 636. The van der Waals surface area contributed by atoms with E-state index < -0.39 is 0 Å². The highest BCUT2D eigenvalue weighted by Gasteiger charge is 2.42. The largest absolute Gasteiger partial charge is 0.399 e. The van der Waals surface area contributed by atoms with E-state index in [1.807, 2.05) is 18.2 Å². The van der Waals surface area contributed by atoms with Crippen LogP contribution in [0.3, 0.4) is 0 Å². The molecule has 3 unspecified atom stereocenters. The molecule has 4 heteroatoms. The highest BCUT2D eigenvalue weighted by Crippen LogP contribution is 2.52. The molecule has 4 rings (SSSR count). The standard InChI is InChI=1S/C17H21N3O/c18-14-3-1-2-11(9-14)5-7-16-19-17(20-21-16)15-10-12-4-6-13(15)8-12/h1-3,9,12-13,15H,4-8,10,18H2. The molecule has 0 radical (unpaired) electrons. The summed E-state index contributed by atoms with van der Waals surface area (Å²) < 4.78 is 5.44. The number of rotatable bonds is 4. The number of fused-ring (bicyclic) bond motifs is 2. The number of benzene rings is 1. The van der Waals surface area contributed by atoms with E-state index in [2.05, 4.69) is 16.2 Å². The zero-order chi connectivity index (χ0) is 14.2. The first-order valence-corrected chi connectivity index (χ1v) is 7.95. The lowest BCUT2D eigenvalue weighted by Crippen LogP contribution is -2.10. The van der Waals surface area contributed by atoms with Gasteiger partial charge >= 0.3 is 0 Å². The smallest absolute Gasteiger partial charge is 0.226 e. The Hall–Kier alpha value is -1.84. The third-order valence-electron chi connectivity index (χ3n) is 5.13. The average Bonchev–Trinajstić information content (AvgIpc) is 3.21. The Labute approximate surface area is 124 Å².